The van der Waals surface area contributed by atoms with Crippen LogP contribution in [0.5, 0.6) is 0 Å². The topological polar surface area (TPSA) is 20.2 Å². The summed E-state index contributed by atoms with van der Waals surface area (Å²) in [6, 6.07) is 16.3. The zero-order valence-electron chi connectivity index (χ0n) is 11.2. The first-order chi connectivity index (χ1) is 9.75. The number of benzene rings is 2. The fraction of sp³-hybridized carbons (Fsp3) is 0.333. The largest absolute Gasteiger partial charge is 0.388 e. The van der Waals surface area contributed by atoms with Crippen LogP contribution < -0.4 is 0 Å². The molecule has 2 aliphatic rings. The molecular weight excluding hydrogens is 268 g/mol. The smallest absolute Gasteiger partial charge is 0.0827 e. The minimum Gasteiger partial charge on any atom is -0.388 e. The van der Waals surface area contributed by atoms with Crippen molar-refractivity contribution in [3.63, 3.8) is 0 Å². The van der Waals surface area contributed by atoms with Gasteiger partial charge in [-0.2, -0.15) is 0 Å². The lowest BCUT2D eigenvalue weighted by Crippen LogP contribution is -2.01. The molecule has 0 spiro atoms. The molecule has 4 atom stereocenters. The Morgan fingerprint density at radius 2 is 1.80 bits per heavy atom. The zero-order chi connectivity index (χ0) is 13.7. The van der Waals surface area contributed by atoms with Crippen LogP contribution in [0.25, 0.3) is 0 Å². The monoisotopic (exact) mass is 284 g/mol. The molecule has 0 aliphatic heterocycles. The van der Waals surface area contributed by atoms with Crippen molar-refractivity contribution in [3.05, 3.63) is 70.2 Å². The van der Waals surface area contributed by atoms with Gasteiger partial charge in [-0.1, -0.05) is 48.0 Å². The van der Waals surface area contributed by atoms with Crippen molar-refractivity contribution in [2.45, 2.75) is 24.9 Å². The van der Waals surface area contributed by atoms with Crippen LogP contribution in [0.2, 0.25) is 5.02 Å². The van der Waals surface area contributed by atoms with Gasteiger partial charge in [-0.05, 0) is 59.4 Å². The molecule has 102 valence electrons. The summed E-state index contributed by atoms with van der Waals surface area (Å²) in [4.78, 5) is 0. The number of hydrogen-bond donors (Lipinski definition) is 1. The van der Waals surface area contributed by atoms with Crippen LogP contribution in [0.4, 0.5) is 0 Å². The fourth-order valence-electron chi connectivity index (χ4n) is 3.93. The molecule has 0 heterocycles. The zero-order valence-corrected chi connectivity index (χ0v) is 11.9. The molecule has 4 rings (SSSR count). The highest BCUT2D eigenvalue weighted by Crippen LogP contribution is 2.64. The molecule has 1 saturated carbocycles. The van der Waals surface area contributed by atoms with E-state index in [0.29, 0.717) is 17.8 Å². The van der Waals surface area contributed by atoms with Crippen molar-refractivity contribution in [1.82, 2.24) is 0 Å². The first-order valence-corrected chi connectivity index (χ1v) is 7.65. The number of hydrogen-bond acceptors (Lipinski definition) is 1. The number of fused-ring (bicyclic) bond motifs is 3. The van der Waals surface area contributed by atoms with Crippen molar-refractivity contribution < 1.29 is 5.11 Å². The van der Waals surface area contributed by atoms with Gasteiger partial charge in [0.05, 0.1) is 6.10 Å². The highest BCUT2D eigenvalue weighted by molar-refractivity contribution is 6.30. The lowest BCUT2D eigenvalue weighted by molar-refractivity contribution is 0.145. The van der Waals surface area contributed by atoms with Gasteiger partial charge in [-0.15, -0.1) is 0 Å². The lowest BCUT2D eigenvalue weighted by Gasteiger charge is -2.13. The Kier molecular flexibility index (Phi) is 2.87. The van der Waals surface area contributed by atoms with Gasteiger partial charge in [0.1, 0.15) is 0 Å². The number of rotatable bonds is 2. The third-order valence-corrected chi connectivity index (χ3v) is 5.22. The maximum atomic E-state index is 10.7. The Labute approximate surface area is 124 Å². The van der Waals surface area contributed by atoms with Crippen LogP contribution in [-0.2, 0) is 6.42 Å². The molecule has 0 bridgehead atoms. The minimum absolute atomic E-state index is 0.367. The summed E-state index contributed by atoms with van der Waals surface area (Å²) in [5.41, 5.74) is 3.92. The van der Waals surface area contributed by atoms with E-state index in [2.05, 4.69) is 24.3 Å². The van der Waals surface area contributed by atoms with E-state index in [0.717, 1.165) is 17.0 Å². The summed E-state index contributed by atoms with van der Waals surface area (Å²) in [6.07, 6.45) is 1.99. The molecule has 1 N–H and O–H groups in total. The van der Waals surface area contributed by atoms with Crippen LogP contribution in [0.15, 0.2) is 48.5 Å². The van der Waals surface area contributed by atoms with E-state index >= 15 is 0 Å². The molecule has 2 heteroatoms. The van der Waals surface area contributed by atoms with E-state index in [4.69, 9.17) is 11.6 Å². The van der Waals surface area contributed by atoms with Gasteiger partial charge in [0.15, 0.2) is 0 Å². The Balaban J connectivity index is 1.62. The van der Waals surface area contributed by atoms with Crippen molar-refractivity contribution in [3.8, 4) is 0 Å². The Bertz CT molecular complexity index is 634. The second-order valence-corrected chi connectivity index (χ2v) is 6.44. The maximum absolute atomic E-state index is 10.7. The molecule has 2 aliphatic carbocycles. The number of aliphatic hydroxyl groups excluding tert-OH is 1. The quantitative estimate of drug-likeness (QED) is 0.869. The maximum Gasteiger partial charge on any atom is 0.0827 e. The molecular formula is C18H17ClO. The summed E-state index contributed by atoms with van der Waals surface area (Å²) in [6.45, 7) is 0. The molecule has 0 saturated heterocycles. The van der Waals surface area contributed by atoms with Crippen molar-refractivity contribution in [1.29, 1.82) is 0 Å². The van der Waals surface area contributed by atoms with E-state index in [-0.39, 0.29) is 6.10 Å². The Hall–Kier alpha value is -1.31. The van der Waals surface area contributed by atoms with E-state index in [9.17, 15) is 5.11 Å². The van der Waals surface area contributed by atoms with Gasteiger partial charge in [-0.3, -0.25) is 0 Å². The average molecular weight is 285 g/mol. The molecule has 1 nitrogen and oxygen atoms in total. The molecule has 20 heavy (non-hydrogen) atoms. The number of halogens is 1. The summed E-state index contributed by atoms with van der Waals surface area (Å²) in [5, 5.41) is 11.4. The highest BCUT2D eigenvalue weighted by atomic mass is 35.5. The van der Waals surface area contributed by atoms with Crippen molar-refractivity contribution in [2.24, 2.45) is 11.8 Å². The third kappa shape index (κ3) is 1.88. The van der Waals surface area contributed by atoms with E-state index in [1.807, 2.05) is 24.3 Å². The van der Waals surface area contributed by atoms with E-state index in [1.165, 1.54) is 17.5 Å². The summed E-state index contributed by atoms with van der Waals surface area (Å²) < 4.78 is 0. The first-order valence-electron chi connectivity index (χ1n) is 7.27. The third-order valence-electron chi connectivity index (χ3n) is 4.97. The van der Waals surface area contributed by atoms with Gasteiger partial charge in [-0.25, -0.2) is 0 Å². The van der Waals surface area contributed by atoms with Crippen molar-refractivity contribution >= 4 is 11.6 Å². The number of aryl methyl sites for hydroxylation is 1. The van der Waals surface area contributed by atoms with Crippen molar-refractivity contribution in [2.75, 3.05) is 0 Å². The normalized spacial score (nSPS) is 28.4. The second kappa shape index (κ2) is 4.61. The van der Waals surface area contributed by atoms with Crippen LogP contribution in [0.3, 0.4) is 0 Å². The number of aliphatic hydroxyl groups is 1. The fourth-order valence-corrected chi connectivity index (χ4v) is 4.06. The predicted octanol–water partition coefficient (Wildman–Crippen LogP) is 4.35. The van der Waals surface area contributed by atoms with Crippen LogP contribution in [-0.4, -0.2) is 5.11 Å². The molecule has 2 aromatic carbocycles. The van der Waals surface area contributed by atoms with E-state index < -0.39 is 0 Å². The van der Waals surface area contributed by atoms with Gasteiger partial charge in [0, 0.05) is 5.02 Å². The molecule has 0 amide bonds. The van der Waals surface area contributed by atoms with Gasteiger partial charge < -0.3 is 5.11 Å². The second-order valence-electron chi connectivity index (χ2n) is 6.00. The lowest BCUT2D eigenvalue weighted by atomic mass is 9.92. The molecule has 0 aromatic heterocycles. The minimum atomic E-state index is -0.367. The molecule has 4 unspecified atom stereocenters. The molecule has 2 aromatic rings. The molecule has 0 radical (unpaired) electrons. The van der Waals surface area contributed by atoms with Gasteiger partial charge >= 0.3 is 0 Å². The van der Waals surface area contributed by atoms with E-state index in [1.54, 1.807) is 0 Å². The Morgan fingerprint density at radius 3 is 2.60 bits per heavy atom. The summed E-state index contributed by atoms with van der Waals surface area (Å²) in [5.74, 6) is 1.57. The van der Waals surface area contributed by atoms with Gasteiger partial charge in [0.2, 0.25) is 0 Å². The van der Waals surface area contributed by atoms with Gasteiger partial charge in [0.25, 0.3) is 0 Å². The molecule has 1 fully saturated rings. The van der Waals surface area contributed by atoms with Crippen LogP contribution >= 0.6 is 11.6 Å². The highest BCUT2D eigenvalue weighted by Gasteiger charge is 2.56. The average Bonchev–Trinajstić information content (AvgIpc) is 3.22. The van der Waals surface area contributed by atoms with Crippen LogP contribution in [0.1, 0.15) is 35.1 Å². The standard InChI is InChI=1S/C18H17ClO/c19-13-8-5-12(6-9-13)18(20)17-15-10-7-11-3-1-2-4-14(11)16(15)17/h1-6,8-9,15-18,20H,7,10H2. The summed E-state index contributed by atoms with van der Waals surface area (Å²) in [7, 11) is 0. The SMILES string of the molecule is OC(c1ccc(Cl)cc1)C1C2CCc3ccccc3C21. The predicted molar refractivity (Wildman–Crippen MR) is 80.9 cm³/mol. The Morgan fingerprint density at radius 1 is 1.05 bits per heavy atom. The first kappa shape index (κ1) is 12.4. The van der Waals surface area contributed by atoms with Crippen LogP contribution in [0, 0.1) is 11.8 Å². The summed E-state index contributed by atoms with van der Waals surface area (Å²) >= 11 is 5.92.